The Balaban J connectivity index is 2.63. The molecule has 0 aliphatic rings. The molecule has 17 heavy (non-hydrogen) atoms. The summed E-state index contributed by atoms with van der Waals surface area (Å²) in [6, 6.07) is 6.14. The quantitative estimate of drug-likeness (QED) is 0.771. The zero-order valence-corrected chi connectivity index (χ0v) is 11.4. The number of ether oxygens (including phenoxy) is 1. The summed E-state index contributed by atoms with van der Waals surface area (Å²) in [5.41, 5.74) is 8.20. The van der Waals surface area contributed by atoms with Gasteiger partial charge in [-0.2, -0.15) is 0 Å². The summed E-state index contributed by atoms with van der Waals surface area (Å²) < 4.78 is 5.87. The summed E-state index contributed by atoms with van der Waals surface area (Å²) in [7, 11) is 4.14. The van der Waals surface area contributed by atoms with Crippen LogP contribution in [0.1, 0.15) is 30.5 Å². The minimum absolute atomic E-state index is 0.0127. The van der Waals surface area contributed by atoms with Crippen molar-refractivity contribution in [3.8, 4) is 5.75 Å². The van der Waals surface area contributed by atoms with E-state index in [2.05, 4.69) is 32.0 Å². The molecule has 3 heteroatoms. The molecule has 1 aromatic rings. The molecule has 1 unspecified atom stereocenters. The van der Waals surface area contributed by atoms with E-state index in [0.717, 1.165) is 36.4 Å². The van der Waals surface area contributed by atoms with Gasteiger partial charge in [-0.05, 0) is 39.9 Å². The molecule has 0 aliphatic heterocycles. The first kappa shape index (κ1) is 14.0. The van der Waals surface area contributed by atoms with E-state index in [-0.39, 0.29) is 6.04 Å². The Hall–Kier alpha value is -1.06. The molecule has 0 heterocycles. The second-order valence-electron chi connectivity index (χ2n) is 4.79. The van der Waals surface area contributed by atoms with Crippen LogP contribution in [0.2, 0.25) is 0 Å². The highest BCUT2D eigenvalue weighted by atomic mass is 16.5. The van der Waals surface area contributed by atoms with Gasteiger partial charge in [0.1, 0.15) is 5.75 Å². The van der Waals surface area contributed by atoms with E-state index in [1.165, 1.54) is 0 Å². The normalized spacial score (nSPS) is 12.8. The zero-order chi connectivity index (χ0) is 12.8. The molecule has 0 fully saturated rings. The summed E-state index contributed by atoms with van der Waals surface area (Å²) in [4.78, 5) is 2.16. The highest BCUT2D eigenvalue weighted by molar-refractivity contribution is 5.42. The smallest absolute Gasteiger partial charge is 0.126 e. The molecule has 0 aromatic heterocycles. The van der Waals surface area contributed by atoms with Crippen molar-refractivity contribution in [2.24, 2.45) is 5.73 Å². The van der Waals surface area contributed by atoms with Crippen LogP contribution in [0, 0.1) is 6.92 Å². The van der Waals surface area contributed by atoms with Crippen LogP contribution in [-0.2, 0) is 0 Å². The van der Waals surface area contributed by atoms with Crippen molar-refractivity contribution >= 4 is 0 Å². The molecule has 1 rings (SSSR count). The average molecular weight is 236 g/mol. The number of hydrogen-bond donors (Lipinski definition) is 1. The van der Waals surface area contributed by atoms with Crippen LogP contribution in [0.4, 0.5) is 0 Å². The lowest BCUT2D eigenvalue weighted by Crippen LogP contribution is -2.16. The van der Waals surface area contributed by atoms with Crippen molar-refractivity contribution in [2.45, 2.75) is 26.3 Å². The van der Waals surface area contributed by atoms with Gasteiger partial charge in [0, 0.05) is 18.2 Å². The largest absolute Gasteiger partial charge is 0.493 e. The molecule has 1 aromatic carbocycles. The minimum Gasteiger partial charge on any atom is -0.493 e. The average Bonchev–Trinajstić information content (AvgIpc) is 2.25. The molecule has 3 nitrogen and oxygen atoms in total. The highest BCUT2D eigenvalue weighted by Crippen LogP contribution is 2.27. The van der Waals surface area contributed by atoms with E-state index in [9.17, 15) is 0 Å². The Morgan fingerprint density at radius 2 is 2.06 bits per heavy atom. The Kier molecular flexibility index (Phi) is 5.45. The summed E-state index contributed by atoms with van der Waals surface area (Å²) in [6.45, 7) is 5.83. The monoisotopic (exact) mass is 236 g/mol. The molecule has 0 saturated carbocycles. The van der Waals surface area contributed by atoms with E-state index in [1.807, 2.05) is 19.1 Å². The molecule has 0 radical (unpaired) electrons. The van der Waals surface area contributed by atoms with Gasteiger partial charge in [-0.3, -0.25) is 0 Å². The molecule has 2 N–H and O–H groups in total. The van der Waals surface area contributed by atoms with Crippen molar-refractivity contribution in [1.29, 1.82) is 0 Å². The molecule has 0 bridgehead atoms. The summed E-state index contributed by atoms with van der Waals surface area (Å²) in [5.74, 6) is 0.959. The summed E-state index contributed by atoms with van der Waals surface area (Å²) >= 11 is 0. The van der Waals surface area contributed by atoms with Gasteiger partial charge in [-0.1, -0.05) is 18.2 Å². The molecule has 1 atom stereocenters. The van der Waals surface area contributed by atoms with Crippen molar-refractivity contribution in [1.82, 2.24) is 4.90 Å². The van der Waals surface area contributed by atoms with Crippen LogP contribution in [0.3, 0.4) is 0 Å². The lowest BCUT2D eigenvalue weighted by molar-refractivity contribution is 0.277. The van der Waals surface area contributed by atoms with Gasteiger partial charge in [-0.25, -0.2) is 0 Å². The maximum atomic E-state index is 5.95. The first-order valence-electron chi connectivity index (χ1n) is 6.15. The fraction of sp³-hybridized carbons (Fsp3) is 0.571. The van der Waals surface area contributed by atoms with Gasteiger partial charge in [0.25, 0.3) is 0 Å². The molecule has 0 amide bonds. The predicted molar refractivity (Wildman–Crippen MR) is 72.4 cm³/mol. The van der Waals surface area contributed by atoms with E-state index < -0.39 is 0 Å². The van der Waals surface area contributed by atoms with Crippen molar-refractivity contribution in [3.05, 3.63) is 29.3 Å². The maximum absolute atomic E-state index is 5.95. The first-order valence-corrected chi connectivity index (χ1v) is 6.15. The zero-order valence-electron chi connectivity index (χ0n) is 11.4. The number of benzene rings is 1. The summed E-state index contributed by atoms with van der Waals surface area (Å²) in [5, 5.41) is 0. The molecule has 0 spiro atoms. The minimum atomic E-state index is 0.0127. The topological polar surface area (TPSA) is 38.5 Å². The Morgan fingerprint density at radius 3 is 2.65 bits per heavy atom. The van der Waals surface area contributed by atoms with Gasteiger partial charge in [0.2, 0.25) is 0 Å². The molecule has 96 valence electrons. The van der Waals surface area contributed by atoms with E-state index >= 15 is 0 Å². The van der Waals surface area contributed by atoms with Gasteiger partial charge >= 0.3 is 0 Å². The fourth-order valence-electron chi connectivity index (χ4n) is 1.79. The van der Waals surface area contributed by atoms with Crippen LogP contribution in [0.25, 0.3) is 0 Å². The molecular formula is C14H24N2O. The SMILES string of the molecule is Cc1cccc(C(C)N)c1OCCCN(C)C. The lowest BCUT2D eigenvalue weighted by atomic mass is 10.0. The van der Waals surface area contributed by atoms with Crippen LogP contribution in [0.15, 0.2) is 18.2 Å². The number of nitrogens with zero attached hydrogens (tertiary/aromatic N) is 1. The van der Waals surface area contributed by atoms with Gasteiger partial charge in [-0.15, -0.1) is 0 Å². The molecule has 0 saturated heterocycles. The van der Waals surface area contributed by atoms with Crippen molar-refractivity contribution < 1.29 is 4.74 Å². The van der Waals surface area contributed by atoms with Gasteiger partial charge in [0.15, 0.2) is 0 Å². The standard InChI is InChI=1S/C14H24N2O/c1-11-7-5-8-13(12(2)15)14(11)17-10-6-9-16(3)4/h5,7-8,12H,6,9-10,15H2,1-4H3. The number of para-hydroxylation sites is 1. The Labute approximate surface area is 105 Å². The Bertz CT molecular complexity index is 348. The third kappa shape index (κ3) is 4.36. The van der Waals surface area contributed by atoms with E-state index in [0.29, 0.717) is 0 Å². The second kappa shape index (κ2) is 6.62. The first-order chi connectivity index (χ1) is 8.02. The third-order valence-electron chi connectivity index (χ3n) is 2.73. The third-order valence-corrected chi connectivity index (χ3v) is 2.73. The van der Waals surface area contributed by atoms with E-state index in [1.54, 1.807) is 0 Å². The van der Waals surface area contributed by atoms with Crippen LogP contribution < -0.4 is 10.5 Å². The van der Waals surface area contributed by atoms with Crippen molar-refractivity contribution in [3.63, 3.8) is 0 Å². The van der Waals surface area contributed by atoms with Crippen molar-refractivity contribution in [2.75, 3.05) is 27.2 Å². The predicted octanol–water partition coefficient (Wildman–Crippen LogP) is 2.35. The number of nitrogens with two attached hydrogens (primary N) is 1. The number of aryl methyl sites for hydroxylation is 1. The van der Waals surface area contributed by atoms with Gasteiger partial charge < -0.3 is 15.4 Å². The van der Waals surface area contributed by atoms with Crippen LogP contribution >= 0.6 is 0 Å². The van der Waals surface area contributed by atoms with Crippen LogP contribution in [0.5, 0.6) is 5.75 Å². The highest BCUT2D eigenvalue weighted by Gasteiger charge is 2.10. The molecular weight excluding hydrogens is 212 g/mol. The Morgan fingerprint density at radius 1 is 1.35 bits per heavy atom. The molecule has 0 aliphatic carbocycles. The number of rotatable bonds is 6. The maximum Gasteiger partial charge on any atom is 0.126 e. The van der Waals surface area contributed by atoms with E-state index in [4.69, 9.17) is 10.5 Å². The summed E-state index contributed by atoms with van der Waals surface area (Å²) in [6.07, 6.45) is 1.03. The van der Waals surface area contributed by atoms with Crippen LogP contribution in [-0.4, -0.2) is 32.1 Å². The lowest BCUT2D eigenvalue weighted by Gasteiger charge is -2.17. The number of hydrogen-bond acceptors (Lipinski definition) is 3. The second-order valence-corrected chi connectivity index (χ2v) is 4.79. The van der Waals surface area contributed by atoms with Gasteiger partial charge in [0.05, 0.1) is 6.61 Å². The fourth-order valence-corrected chi connectivity index (χ4v) is 1.79.